The van der Waals surface area contributed by atoms with Gasteiger partial charge in [-0.1, -0.05) is 46.4 Å². The molecule has 0 bridgehead atoms. The van der Waals surface area contributed by atoms with Crippen molar-refractivity contribution in [3.8, 4) is 11.5 Å². The van der Waals surface area contributed by atoms with E-state index < -0.39 is 12.2 Å². The van der Waals surface area contributed by atoms with Gasteiger partial charge in [-0.05, 0) is 60.7 Å². The molecule has 0 aliphatic carbocycles. The molecular weight excluding hydrogens is 646 g/mol. The molecule has 2 unspecified atom stereocenters. The quantitative estimate of drug-likeness (QED) is 0.262. The molecule has 44 heavy (non-hydrogen) atoms. The lowest BCUT2D eigenvalue weighted by Gasteiger charge is -2.37. The van der Waals surface area contributed by atoms with E-state index >= 15 is 0 Å². The highest BCUT2D eigenvalue weighted by molar-refractivity contribution is 6.35. The van der Waals surface area contributed by atoms with E-state index in [1.807, 2.05) is 48.5 Å². The number of piperazine rings is 2. The third-order valence-electron chi connectivity index (χ3n) is 7.89. The lowest BCUT2D eigenvalue weighted by Crippen LogP contribution is -2.49. The van der Waals surface area contributed by atoms with Crippen LogP contribution in [0.4, 0.5) is 11.4 Å². The molecule has 2 heterocycles. The molecule has 0 spiro atoms. The van der Waals surface area contributed by atoms with Gasteiger partial charge in [-0.25, -0.2) is 0 Å². The van der Waals surface area contributed by atoms with Crippen molar-refractivity contribution in [2.24, 2.45) is 0 Å². The largest absolute Gasteiger partial charge is 0.491 e. The van der Waals surface area contributed by atoms with Crippen LogP contribution in [0.3, 0.4) is 0 Å². The normalized spacial score (nSPS) is 17.9. The Labute approximate surface area is 279 Å². The minimum absolute atomic E-state index is 0.191. The van der Waals surface area contributed by atoms with Gasteiger partial charge in [-0.15, -0.1) is 0 Å². The first kappa shape index (κ1) is 33.2. The monoisotopic (exact) mass is 682 g/mol. The van der Waals surface area contributed by atoms with E-state index in [4.69, 9.17) is 55.9 Å². The van der Waals surface area contributed by atoms with Crippen LogP contribution in [0, 0.1) is 0 Å². The van der Waals surface area contributed by atoms with Gasteiger partial charge in [-0.2, -0.15) is 0 Å². The average Bonchev–Trinajstić information content (AvgIpc) is 3.03. The number of aliphatic hydroxyl groups is 2. The maximum absolute atomic E-state index is 10.6. The molecule has 12 heteroatoms. The van der Waals surface area contributed by atoms with E-state index in [0.717, 1.165) is 63.7 Å². The van der Waals surface area contributed by atoms with Crippen LogP contribution in [-0.2, 0) is 0 Å². The van der Waals surface area contributed by atoms with Crippen molar-refractivity contribution < 1.29 is 19.7 Å². The Morgan fingerprint density at radius 1 is 0.545 bits per heavy atom. The van der Waals surface area contributed by atoms with E-state index in [2.05, 4.69) is 19.6 Å². The number of anilines is 2. The van der Waals surface area contributed by atoms with Crippen molar-refractivity contribution >= 4 is 57.8 Å². The minimum atomic E-state index is -0.619. The van der Waals surface area contributed by atoms with E-state index in [-0.39, 0.29) is 13.2 Å². The summed E-state index contributed by atoms with van der Waals surface area (Å²) in [5.41, 5.74) is 1.89. The fraction of sp³-hybridized carbons (Fsp3) is 0.438. The number of benzene rings is 3. The molecule has 0 aromatic heterocycles. The van der Waals surface area contributed by atoms with Gasteiger partial charge in [0.25, 0.3) is 0 Å². The van der Waals surface area contributed by atoms with Crippen LogP contribution >= 0.6 is 46.4 Å². The van der Waals surface area contributed by atoms with E-state index in [1.165, 1.54) is 0 Å². The van der Waals surface area contributed by atoms with Gasteiger partial charge in [0, 0.05) is 75.5 Å². The number of ether oxygens (including phenoxy) is 2. The summed E-state index contributed by atoms with van der Waals surface area (Å²) < 4.78 is 11.6. The molecule has 2 fully saturated rings. The van der Waals surface area contributed by atoms with Gasteiger partial charge in [-0.3, -0.25) is 9.80 Å². The summed E-state index contributed by atoms with van der Waals surface area (Å²) in [4.78, 5) is 8.88. The Morgan fingerprint density at radius 3 is 1.27 bits per heavy atom. The lowest BCUT2D eigenvalue weighted by molar-refractivity contribution is 0.0650. The average molecular weight is 684 g/mol. The molecule has 0 radical (unpaired) electrons. The molecule has 2 aliphatic rings. The predicted octanol–water partition coefficient (Wildman–Crippen LogP) is 5.42. The molecule has 3 aromatic carbocycles. The highest BCUT2D eigenvalue weighted by Crippen LogP contribution is 2.31. The predicted molar refractivity (Wildman–Crippen MR) is 180 cm³/mol. The van der Waals surface area contributed by atoms with Crippen LogP contribution in [0.2, 0.25) is 20.1 Å². The highest BCUT2D eigenvalue weighted by Gasteiger charge is 2.23. The van der Waals surface area contributed by atoms with Crippen molar-refractivity contribution in [2.75, 3.05) is 88.5 Å². The molecule has 2 saturated heterocycles. The first-order valence-corrected chi connectivity index (χ1v) is 16.3. The molecule has 8 nitrogen and oxygen atoms in total. The topological polar surface area (TPSA) is 71.9 Å². The third kappa shape index (κ3) is 9.44. The Hall–Kier alpha value is -2.14. The van der Waals surface area contributed by atoms with Crippen LogP contribution in [0.5, 0.6) is 11.5 Å². The van der Waals surface area contributed by atoms with Crippen molar-refractivity contribution in [2.45, 2.75) is 12.2 Å². The van der Waals surface area contributed by atoms with Gasteiger partial charge in [0.05, 0.1) is 21.4 Å². The molecule has 2 aliphatic heterocycles. The fourth-order valence-electron chi connectivity index (χ4n) is 5.52. The van der Waals surface area contributed by atoms with Crippen molar-refractivity contribution in [3.63, 3.8) is 0 Å². The Bertz CT molecular complexity index is 1250. The maximum Gasteiger partial charge on any atom is 0.119 e. The number of aliphatic hydroxyl groups excluding tert-OH is 2. The summed E-state index contributed by atoms with van der Waals surface area (Å²) in [6, 6.07) is 18.2. The zero-order chi connectivity index (χ0) is 31.1. The summed E-state index contributed by atoms with van der Waals surface area (Å²) in [7, 11) is 0. The van der Waals surface area contributed by atoms with Crippen molar-refractivity contribution in [3.05, 3.63) is 80.8 Å². The molecule has 5 rings (SSSR count). The van der Waals surface area contributed by atoms with Crippen LogP contribution in [0.15, 0.2) is 60.7 Å². The number of halogens is 4. The number of hydrogen-bond donors (Lipinski definition) is 2. The molecular formula is C32H38Cl4N4O4. The third-order valence-corrected chi connectivity index (χ3v) is 9.00. The lowest BCUT2D eigenvalue weighted by atomic mass is 10.2. The highest BCUT2D eigenvalue weighted by atomic mass is 35.5. The number of nitrogens with zero attached hydrogens (tertiary/aromatic N) is 4. The first-order valence-electron chi connectivity index (χ1n) is 14.8. The van der Waals surface area contributed by atoms with Crippen LogP contribution < -0.4 is 19.3 Å². The second-order valence-electron chi connectivity index (χ2n) is 11.2. The maximum atomic E-state index is 10.6. The number of β-amino-alcohol motifs (C(OH)–C–C–N with tert-alkyl or cyclic N) is 2. The van der Waals surface area contributed by atoms with E-state index in [9.17, 15) is 10.2 Å². The second-order valence-corrected chi connectivity index (χ2v) is 12.9. The van der Waals surface area contributed by atoms with Gasteiger partial charge >= 0.3 is 0 Å². The SMILES string of the molecule is OC(COc1ccc(OCC(O)CN2CCN(c3cc(Cl)ccc3Cl)CC2)cc1)CN1CCN(c2cc(Cl)ccc2Cl)CC1. The van der Waals surface area contributed by atoms with Crippen molar-refractivity contribution in [1.29, 1.82) is 0 Å². The second kappa shape index (κ2) is 15.9. The number of hydrogen-bond acceptors (Lipinski definition) is 8. The summed E-state index contributed by atoms with van der Waals surface area (Å²) in [6.07, 6.45) is -1.24. The van der Waals surface area contributed by atoms with Gasteiger partial charge in [0.2, 0.25) is 0 Å². The van der Waals surface area contributed by atoms with Crippen LogP contribution in [0.1, 0.15) is 0 Å². The molecule has 0 amide bonds. The smallest absolute Gasteiger partial charge is 0.119 e. The van der Waals surface area contributed by atoms with Crippen LogP contribution in [-0.4, -0.2) is 111 Å². The Balaban J connectivity index is 0.967. The van der Waals surface area contributed by atoms with Gasteiger partial charge in [0.1, 0.15) is 36.9 Å². The molecule has 2 N–H and O–H groups in total. The summed E-state index contributed by atoms with van der Waals surface area (Å²) in [5, 5.41) is 23.8. The van der Waals surface area contributed by atoms with Crippen LogP contribution in [0.25, 0.3) is 0 Å². The molecule has 3 aromatic rings. The molecule has 0 saturated carbocycles. The van der Waals surface area contributed by atoms with Gasteiger partial charge < -0.3 is 29.5 Å². The zero-order valence-corrected chi connectivity index (χ0v) is 27.4. The fourth-order valence-corrected chi connectivity index (χ4v) is 6.32. The molecule has 238 valence electrons. The summed E-state index contributed by atoms with van der Waals surface area (Å²) in [5.74, 6) is 1.30. The summed E-state index contributed by atoms with van der Waals surface area (Å²) in [6.45, 7) is 7.90. The van der Waals surface area contributed by atoms with E-state index in [1.54, 1.807) is 12.1 Å². The Morgan fingerprint density at radius 2 is 0.909 bits per heavy atom. The number of rotatable bonds is 12. The van der Waals surface area contributed by atoms with Gasteiger partial charge in [0.15, 0.2) is 0 Å². The Kier molecular flexibility index (Phi) is 12.0. The minimum Gasteiger partial charge on any atom is -0.491 e. The van der Waals surface area contributed by atoms with Crippen molar-refractivity contribution in [1.82, 2.24) is 9.80 Å². The van der Waals surface area contributed by atoms with E-state index in [0.29, 0.717) is 44.7 Å². The first-order chi connectivity index (χ1) is 21.2. The molecule has 2 atom stereocenters. The standard InChI is InChI=1S/C32H38Cl4N4O4/c33-23-1-7-29(35)31(17-23)39-13-9-37(10-14-39)19-25(41)21-43-27-3-5-28(6-4-27)44-22-26(42)20-38-11-15-40(16-12-38)32-18-24(34)2-8-30(32)36/h1-8,17-18,25-26,41-42H,9-16,19-22H2. The summed E-state index contributed by atoms with van der Waals surface area (Å²) >= 11 is 25.0. The zero-order valence-electron chi connectivity index (χ0n) is 24.4.